The molecule has 0 bridgehead atoms. The smallest absolute Gasteiger partial charge is 0.287 e. The summed E-state index contributed by atoms with van der Waals surface area (Å²) in [7, 11) is 1.56. The van der Waals surface area contributed by atoms with Gasteiger partial charge in [0.25, 0.3) is 11.8 Å². The van der Waals surface area contributed by atoms with Gasteiger partial charge >= 0.3 is 0 Å². The van der Waals surface area contributed by atoms with E-state index in [-0.39, 0.29) is 30.8 Å². The van der Waals surface area contributed by atoms with Gasteiger partial charge in [0.1, 0.15) is 11.5 Å². The zero-order valence-electron chi connectivity index (χ0n) is 19.6. The molecular weight excluding hydrogens is 450 g/mol. The summed E-state index contributed by atoms with van der Waals surface area (Å²) < 4.78 is 16.0. The SMILES string of the molecule is COc1cccc(CN(C(=O)CNC(=O)c2ccco2)C(C(=O)NC2CCCC2)c2ccco2)c1. The van der Waals surface area contributed by atoms with Crippen molar-refractivity contribution in [1.82, 2.24) is 15.5 Å². The number of methoxy groups -OCH3 is 1. The highest BCUT2D eigenvalue weighted by atomic mass is 16.5. The van der Waals surface area contributed by atoms with Crippen molar-refractivity contribution >= 4 is 17.7 Å². The average molecular weight is 480 g/mol. The van der Waals surface area contributed by atoms with Gasteiger partial charge in [-0.05, 0) is 54.8 Å². The minimum Gasteiger partial charge on any atom is -0.497 e. The second kappa shape index (κ2) is 11.4. The van der Waals surface area contributed by atoms with Crippen LogP contribution in [0.25, 0.3) is 0 Å². The Hall–Kier alpha value is -4.01. The molecule has 1 unspecified atom stereocenters. The molecule has 1 fully saturated rings. The molecule has 4 rings (SSSR count). The van der Waals surface area contributed by atoms with Gasteiger partial charge < -0.3 is 29.1 Å². The van der Waals surface area contributed by atoms with Crippen LogP contribution in [0, 0.1) is 0 Å². The number of nitrogens with zero attached hydrogens (tertiary/aromatic N) is 1. The summed E-state index contributed by atoms with van der Waals surface area (Å²) in [6.45, 7) is -0.215. The van der Waals surface area contributed by atoms with Crippen molar-refractivity contribution in [3.63, 3.8) is 0 Å². The molecule has 35 heavy (non-hydrogen) atoms. The third-order valence-electron chi connectivity index (χ3n) is 6.03. The minimum absolute atomic E-state index is 0.0624. The number of hydrogen-bond donors (Lipinski definition) is 2. The van der Waals surface area contributed by atoms with Gasteiger partial charge in [0.15, 0.2) is 11.8 Å². The molecule has 3 amide bonds. The summed E-state index contributed by atoms with van der Waals surface area (Å²) in [5.41, 5.74) is 0.764. The third-order valence-corrected chi connectivity index (χ3v) is 6.03. The van der Waals surface area contributed by atoms with Gasteiger partial charge in [0.2, 0.25) is 5.91 Å². The fraction of sp³-hybridized carbons (Fsp3) is 0.346. The number of carbonyl (C=O) groups is 3. The predicted octanol–water partition coefficient (Wildman–Crippen LogP) is 3.44. The van der Waals surface area contributed by atoms with Crippen LogP contribution < -0.4 is 15.4 Å². The van der Waals surface area contributed by atoms with E-state index in [4.69, 9.17) is 13.6 Å². The number of rotatable bonds is 10. The molecule has 1 saturated carbocycles. The van der Waals surface area contributed by atoms with Crippen molar-refractivity contribution in [2.24, 2.45) is 0 Å². The average Bonchev–Trinajstić information content (AvgIpc) is 3.66. The standard InChI is InChI=1S/C26H29N3O6/c1-33-20-10-4-7-18(15-20)17-29(23(30)16-27-25(31)22-12-6-14-35-22)24(21-11-5-13-34-21)26(32)28-19-8-2-3-9-19/h4-7,10-15,19,24H,2-3,8-9,16-17H2,1H3,(H,27,31)(H,28,32). The molecule has 0 saturated heterocycles. The summed E-state index contributed by atoms with van der Waals surface area (Å²) in [5, 5.41) is 5.65. The van der Waals surface area contributed by atoms with E-state index in [0.29, 0.717) is 11.5 Å². The zero-order valence-corrected chi connectivity index (χ0v) is 19.6. The van der Waals surface area contributed by atoms with Crippen molar-refractivity contribution < 1.29 is 28.0 Å². The van der Waals surface area contributed by atoms with E-state index >= 15 is 0 Å². The van der Waals surface area contributed by atoms with Gasteiger partial charge in [0, 0.05) is 12.6 Å². The normalized spacial score (nSPS) is 14.3. The lowest BCUT2D eigenvalue weighted by atomic mass is 10.1. The second-order valence-electron chi connectivity index (χ2n) is 8.44. The Morgan fingerprint density at radius 1 is 1.06 bits per heavy atom. The van der Waals surface area contributed by atoms with Gasteiger partial charge in [0.05, 0.1) is 26.2 Å². The number of amides is 3. The quantitative estimate of drug-likeness (QED) is 0.461. The Morgan fingerprint density at radius 3 is 2.51 bits per heavy atom. The Kier molecular flexibility index (Phi) is 7.87. The number of furan rings is 2. The molecule has 2 N–H and O–H groups in total. The van der Waals surface area contributed by atoms with E-state index in [1.165, 1.54) is 23.5 Å². The van der Waals surface area contributed by atoms with Crippen LogP contribution >= 0.6 is 0 Å². The molecular formula is C26H29N3O6. The van der Waals surface area contributed by atoms with Crippen LogP contribution in [0.15, 0.2) is 69.9 Å². The molecule has 9 heteroatoms. The fourth-order valence-electron chi connectivity index (χ4n) is 4.26. The largest absolute Gasteiger partial charge is 0.497 e. The van der Waals surface area contributed by atoms with Crippen molar-refractivity contribution in [1.29, 1.82) is 0 Å². The lowest BCUT2D eigenvalue weighted by Gasteiger charge is -2.31. The zero-order chi connectivity index (χ0) is 24.6. The first-order chi connectivity index (χ1) is 17.0. The summed E-state index contributed by atoms with van der Waals surface area (Å²) in [6.07, 6.45) is 6.77. The molecule has 1 aliphatic carbocycles. The van der Waals surface area contributed by atoms with Crippen molar-refractivity contribution in [2.45, 2.75) is 44.3 Å². The molecule has 3 aromatic rings. The van der Waals surface area contributed by atoms with Gasteiger partial charge in [-0.3, -0.25) is 14.4 Å². The van der Waals surface area contributed by atoms with Crippen LogP contribution in [0.1, 0.15) is 53.6 Å². The molecule has 0 radical (unpaired) electrons. The van der Waals surface area contributed by atoms with Crippen LogP contribution in [0.2, 0.25) is 0 Å². The third kappa shape index (κ3) is 6.11. The Balaban J connectivity index is 1.60. The van der Waals surface area contributed by atoms with Crippen molar-refractivity contribution in [3.05, 3.63) is 78.1 Å². The van der Waals surface area contributed by atoms with E-state index in [1.54, 1.807) is 37.4 Å². The van der Waals surface area contributed by atoms with E-state index in [9.17, 15) is 14.4 Å². The number of carbonyl (C=O) groups excluding carboxylic acids is 3. The number of hydrogen-bond acceptors (Lipinski definition) is 6. The lowest BCUT2D eigenvalue weighted by molar-refractivity contribution is -0.141. The summed E-state index contributed by atoms with van der Waals surface area (Å²) in [5.74, 6) is -0.218. The molecule has 184 valence electrons. The molecule has 2 heterocycles. The van der Waals surface area contributed by atoms with Crippen LogP contribution in [0.5, 0.6) is 5.75 Å². The molecule has 2 aromatic heterocycles. The number of nitrogens with one attached hydrogen (secondary N) is 2. The highest BCUT2D eigenvalue weighted by Crippen LogP contribution is 2.27. The topological polar surface area (TPSA) is 114 Å². The second-order valence-corrected chi connectivity index (χ2v) is 8.44. The van der Waals surface area contributed by atoms with Crippen molar-refractivity contribution in [2.75, 3.05) is 13.7 Å². The number of benzene rings is 1. The van der Waals surface area contributed by atoms with Gasteiger partial charge in [-0.1, -0.05) is 25.0 Å². The maximum atomic E-state index is 13.5. The Morgan fingerprint density at radius 2 is 1.83 bits per heavy atom. The molecule has 1 aromatic carbocycles. The van der Waals surface area contributed by atoms with E-state index in [0.717, 1.165) is 31.2 Å². The molecule has 0 spiro atoms. The maximum Gasteiger partial charge on any atom is 0.287 e. The summed E-state index contributed by atoms with van der Waals surface area (Å²) in [4.78, 5) is 40.7. The summed E-state index contributed by atoms with van der Waals surface area (Å²) >= 11 is 0. The lowest BCUT2D eigenvalue weighted by Crippen LogP contribution is -2.48. The fourth-order valence-corrected chi connectivity index (χ4v) is 4.26. The van der Waals surface area contributed by atoms with Gasteiger partial charge in [-0.2, -0.15) is 0 Å². The Labute approximate surface area is 203 Å². The molecule has 9 nitrogen and oxygen atoms in total. The monoisotopic (exact) mass is 479 g/mol. The van der Waals surface area contributed by atoms with E-state index in [1.807, 2.05) is 12.1 Å². The number of ether oxygens (including phenoxy) is 1. The predicted molar refractivity (Wildman–Crippen MR) is 126 cm³/mol. The van der Waals surface area contributed by atoms with Crippen molar-refractivity contribution in [3.8, 4) is 5.75 Å². The van der Waals surface area contributed by atoms with Gasteiger partial charge in [-0.25, -0.2) is 0 Å². The maximum absolute atomic E-state index is 13.5. The first kappa shape index (κ1) is 24.1. The van der Waals surface area contributed by atoms with Crippen LogP contribution in [-0.2, 0) is 16.1 Å². The van der Waals surface area contributed by atoms with Crippen LogP contribution in [0.3, 0.4) is 0 Å². The molecule has 1 aliphatic rings. The van der Waals surface area contributed by atoms with E-state index < -0.39 is 17.9 Å². The highest BCUT2D eigenvalue weighted by Gasteiger charge is 2.35. The minimum atomic E-state index is -1.01. The van der Waals surface area contributed by atoms with Crippen LogP contribution in [-0.4, -0.2) is 42.3 Å². The van der Waals surface area contributed by atoms with Crippen LogP contribution in [0.4, 0.5) is 0 Å². The summed E-state index contributed by atoms with van der Waals surface area (Å²) in [6, 6.07) is 12.8. The Bertz CT molecular complexity index is 1120. The first-order valence-corrected chi connectivity index (χ1v) is 11.6. The molecule has 1 atom stereocenters. The molecule has 0 aliphatic heterocycles. The van der Waals surface area contributed by atoms with Gasteiger partial charge in [-0.15, -0.1) is 0 Å². The first-order valence-electron chi connectivity index (χ1n) is 11.6. The van der Waals surface area contributed by atoms with E-state index in [2.05, 4.69) is 10.6 Å². The highest BCUT2D eigenvalue weighted by molar-refractivity contribution is 5.95.